The summed E-state index contributed by atoms with van der Waals surface area (Å²) in [5.41, 5.74) is 3.01. The Labute approximate surface area is 201 Å². The van der Waals surface area contributed by atoms with Crippen LogP contribution in [0.5, 0.6) is 0 Å². The summed E-state index contributed by atoms with van der Waals surface area (Å²) in [5.74, 6) is -1.13. The molecule has 4 aromatic carbocycles. The summed E-state index contributed by atoms with van der Waals surface area (Å²) in [7, 11) is 0. The third kappa shape index (κ3) is 5.54. The molecule has 4 rings (SSSR count). The van der Waals surface area contributed by atoms with Crippen molar-refractivity contribution < 1.29 is 22.0 Å². The fourth-order valence-electron chi connectivity index (χ4n) is 4.02. The van der Waals surface area contributed by atoms with Crippen LogP contribution in [0.4, 0.5) is 22.0 Å². The second-order valence-corrected chi connectivity index (χ2v) is 8.49. The first-order valence-corrected chi connectivity index (χ1v) is 11.5. The average Bonchev–Trinajstić information content (AvgIpc) is 2.84. The van der Waals surface area contributed by atoms with Crippen LogP contribution < -0.4 is 0 Å². The van der Waals surface area contributed by atoms with E-state index in [1.54, 1.807) is 6.07 Å². The smallest absolute Gasteiger partial charge is 0.195 e. The molecule has 35 heavy (non-hydrogen) atoms. The molecule has 0 unspecified atom stereocenters. The molecule has 0 bridgehead atoms. The molecular weight excluding hydrogens is 455 g/mol. The Morgan fingerprint density at radius 1 is 0.629 bits per heavy atom. The third-order valence-electron chi connectivity index (χ3n) is 5.94. The highest BCUT2D eigenvalue weighted by atomic mass is 19.2. The molecule has 0 aliphatic heterocycles. The largest absolute Gasteiger partial charge is 0.206 e. The van der Waals surface area contributed by atoms with Crippen molar-refractivity contribution in [3.8, 4) is 23.0 Å². The zero-order valence-corrected chi connectivity index (χ0v) is 19.2. The Balaban J connectivity index is 1.54. The highest BCUT2D eigenvalue weighted by Gasteiger charge is 2.17. The van der Waals surface area contributed by atoms with Gasteiger partial charge in [0.1, 0.15) is 11.6 Å². The average molecular weight is 479 g/mol. The van der Waals surface area contributed by atoms with E-state index in [-0.39, 0.29) is 16.5 Å². The van der Waals surface area contributed by atoms with Crippen molar-refractivity contribution in [2.24, 2.45) is 0 Å². The summed E-state index contributed by atoms with van der Waals surface area (Å²) < 4.78 is 69.9. The van der Waals surface area contributed by atoms with E-state index in [0.717, 1.165) is 24.5 Å². The lowest BCUT2D eigenvalue weighted by Gasteiger charge is -2.06. The molecule has 0 saturated heterocycles. The van der Waals surface area contributed by atoms with Crippen molar-refractivity contribution >= 4 is 10.8 Å². The second kappa shape index (κ2) is 10.7. The Kier molecular flexibility index (Phi) is 7.51. The Hall–Kier alpha value is -3.65. The fraction of sp³-hybridized carbons (Fsp3) is 0.200. The monoisotopic (exact) mass is 478 g/mol. The van der Waals surface area contributed by atoms with Gasteiger partial charge in [0, 0.05) is 5.56 Å². The van der Waals surface area contributed by atoms with Crippen LogP contribution in [0.3, 0.4) is 0 Å². The summed E-state index contributed by atoms with van der Waals surface area (Å²) in [6.07, 6.45) is 5.82. The summed E-state index contributed by atoms with van der Waals surface area (Å²) in [4.78, 5) is 0. The zero-order chi connectivity index (χ0) is 24.9. The second-order valence-electron chi connectivity index (χ2n) is 8.49. The van der Waals surface area contributed by atoms with Crippen molar-refractivity contribution in [2.75, 3.05) is 0 Å². The SMILES string of the molecule is CCCCCCc1ccc(-c2ccc(C#Cc3cc(F)c4c(F)c(F)c(F)cc4c3)c(F)c2)cc1. The predicted molar refractivity (Wildman–Crippen MR) is 129 cm³/mol. The molecule has 0 atom stereocenters. The molecule has 0 aromatic heterocycles. The lowest BCUT2D eigenvalue weighted by atomic mass is 10.00. The Morgan fingerprint density at radius 2 is 1.37 bits per heavy atom. The minimum Gasteiger partial charge on any atom is -0.206 e. The highest BCUT2D eigenvalue weighted by molar-refractivity contribution is 5.85. The maximum absolute atomic E-state index is 14.7. The van der Waals surface area contributed by atoms with E-state index in [9.17, 15) is 22.0 Å². The maximum Gasteiger partial charge on any atom is 0.195 e. The standard InChI is InChI=1S/C30H23F5/c1-2-3-4-5-6-19-7-10-21(11-8-19)23-14-13-22(25(31)17-23)12-9-20-15-24-18-27(33)29(34)30(35)28(24)26(32)16-20/h7-8,10-11,13-18H,2-6H2,1H3. The maximum atomic E-state index is 14.7. The molecule has 0 aliphatic rings. The van der Waals surface area contributed by atoms with E-state index in [1.165, 1.54) is 43.0 Å². The van der Waals surface area contributed by atoms with E-state index in [4.69, 9.17) is 0 Å². The van der Waals surface area contributed by atoms with Crippen LogP contribution >= 0.6 is 0 Å². The quantitative estimate of drug-likeness (QED) is 0.112. The Bertz CT molecular complexity index is 1430. The van der Waals surface area contributed by atoms with E-state index < -0.39 is 34.5 Å². The normalized spacial score (nSPS) is 10.9. The molecule has 0 heterocycles. The molecule has 0 aliphatic carbocycles. The summed E-state index contributed by atoms with van der Waals surface area (Å²) in [5, 5.41) is -0.827. The minimum atomic E-state index is -1.74. The molecule has 4 aromatic rings. The molecule has 5 heteroatoms. The van der Waals surface area contributed by atoms with Crippen LogP contribution in [0, 0.1) is 40.9 Å². The number of hydrogen-bond donors (Lipinski definition) is 0. The highest BCUT2D eigenvalue weighted by Crippen LogP contribution is 2.27. The van der Waals surface area contributed by atoms with Crippen molar-refractivity contribution in [1.29, 1.82) is 0 Å². The number of hydrogen-bond acceptors (Lipinski definition) is 0. The zero-order valence-electron chi connectivity index (χ0n) is 19.2. The molecule has 0 nitrogen and oxygen atoms in total. The van der Waals surface area contributed by atoms with Gasteiger partial charge in [0.15, 0.2) is 17.5 Å². The van der Waals surface area contributed by atoms with Gasteiger partial charge in [-0.3, -0.25) is 0 Å². The first-order chi connectivity index (χ1) is 16.9. The summed E-state index contributed by atoms with van der Waals surface area (Å²) in [6.45, 7) is 2.18. The van der Waals surface area contributed by atoms with Crippen molar-refractivity contribution in [3.05, 3.63) is 106 Å². The molecule has 0 amide bonds. The van der Waals surface area contributed by atoms with Crippen LogP contribution in [-0.4, -0.2) is 0 Å². The van der Waals surface area contributed by atoms with Gasteiger partial charge in [-0.25, -0.2) is 22.0 Å². The number of benzene rings is 4. The van der Waals surface area contributed by atoms with Gasteiger partial charge >= 0.3 is 0 Å². The summed E-state index contributed by atoms with van der Waals surface area (Å²) in [6, 6.07) is 15.5. The number of fused-ring (bicyclic) bond motifs is 1. The van der Waals surface area contributed by atoms with Crippen LogP contribution in [0.25, 0.3) is 21.9 Å². The number of rotatable bonds is 6. The lowest BCUT2D eigenvalue weighted by Crippen LogP contribution is -1.95. The number of aryl methyl sites for hydroxylation is 1. The van der Waals surface area contributed by atoms with Gasteiger partial charge in [0.05, 0.1) is 10.9 Å². The third-order valence-corrected chi connectivity index (χ3v) is 5.94. The van der Waals surface area contributed by atoms with Crippen LogP contribution in [0.2, 0.25) is 0 Å². The number of halogens is 5. The lowest BCUT2D eigenvalue weighted by molar-refractivity contribution is 0.451. The molecular formula is C30H23F5. The van der Waals surface area contributed by atoms with Crippen LogP contribution in [0.15, 0.2) is 60.7 Å². The fourth-order valence-corrected chi connectivity index (χ4v) is 4.02. The van der Waals surface area contributed by atoms with Gasteiger partial charge in [-0.1, -0.05) is 68.4 Å². The van der Waals surface area contributed by atoms with E-state index in [0.29, 0.717) is 11.6 Å². The molecule has 178 valence electrons. The van der Waals surface area contributed by atoms with Gasteiger partial charge in [-0.15, -0.1) is 0 Å². The van der Waals surface area contributed by atoms with E-state index in [2.05, 4.69) is 30.9 Å². The van der Waals surface area contributed by atoms with Gasteiger partial charge in [-0.2, -0.15) is 0 Å². The molecule has 0 N–H and O–H groups in total. The number of unbranched alkanes of at least 4 members (excludes halogenated alkanes) is 3. The molecule has 0 radical (unpaired) electrons. The Morgan fingerprint density at radius 3 is 2.09 bits per heavy atom. The van der Waals surface area contributed by atoms with Gasteiger partial charge in [0.25, 0.3) is 0 Å². The van der Waals surface area contributed by atoms with Crippen molar-refractivity contribution in [1.82, 2.24) is 0 Å². The molecule has 0 fully saturated rings. The minimum absolute atomic E-state index is 0.0819. The van der Waals surface area contributed by atoms with Crippen molar-refractivity contribution in [2.45, 2.75) is 39.0 Å². The van der Waals surface area contributed by atoms with Crippen LogP contribution in [0.1, 0.15) is 49.3 Å². The summed E-state index contributed by atoms with van der Waals surface area (Å²) >= 11 is 0. The first-order valence-electron chi connectivity index (χ1n) is 11.5. The van der Waals surface area contributed by atoms with Crippen LogP contribution in [-0.2, 0) is 6.42 Å². The first kappa shape index (κ1) is 24.5. The van der Waals surface area contributed by atoms with Gasteiger partial charge in [0.2, 0.25) is 0 Å². The molecule has 0 spiro atoms. The van der Waals surface area contributed by atoms with Gasteiger partial charge < -0.3 is 0 Å². The van der Waals surface area contributed by atoms with Gasteiger partial charge in [-0.05, 0) is 65.3 Å². The van der Waals surface area contributed by atoms with Crippen molar-refractivity contribution in [3.63, 3.8) is 0 Å². The molecule has 0 saturated carbocycles. The topological polar surface area (TPSA) is 0 Å². The van der Waals surface area contributed by atoms with E-state index >= 15 is 0 Å². The predicted octanol–water partition coefficient (Wildman–Crippen LogP) is 8.72. The van der Waals surface area contributed by atoms with E-state index in [1.807, 2.05) is 12.1 Å².